The third-order valence-corrected chi connectivity index (χ3v) is 3.75. The Bertz CT molecular complexity index is 565. The van der Waals surface area contributed by atoms with Crippen molar-refractivity contribution in [3.8, 4) is 0 Å². The Kier molecular flexibility index (Phi) is 6.35. The van der Waals surface area contributed by atoms with Gasteiger partial charge in [-0.05, 0) is 43.5 Å². The molecule has 21 heavy (non-hydrogen) atoms. The van der Waals surface area contributed by atoms with Gasteiger partial charge in [0.2, 0.25) is 0 Å². The van der Waals surface area contributed by atoms with Crippen molar-refractivity contribution < 1.29 is 0 Å². The third-order valence-electron chi connectivity index (χ3n) is 3.75. The summed E-state index contributed by atoms with van der Waals surface area (Å²) in [4.78, 5) is 8.74. The van der Waals surface area contributed by atoms with Crippen LogP contribution in [0.25, 0.3) is 11.0 Å². The lowest BCUT2D eigenvalue weighted by atomic mass is 9.99. The van der Waals surface area contributed by atoms with Crippen LogP contribution in [0.5, 0.6) is 0 Å². The van der Waals surface area contributed by atoms with Gasteiger partial charge in [0.1, 0.15) is 0 Å². The number of allylic oxidation sites excluding steroid dienone is 1. The topological polar surface area (TPSA) is 37.8 Å². The number of fused-ring (bicyclic) bond motifs is 1. The highest BCUT2D eigenvalue weighted by atomic mass is 14.9. The van der Waals surface area contributed by atoms with E-state index in [0.29, 0.717) is 6.04 Å². The van der Waals surface area contributed by atoms with E-state index < -0.39 is 0 Å². The Morgan fingerprint density at radius 3 is 2.71 bits per heavy atom. The summed E-state index contributed by atoms with van der Waals surface area (Å²) in [7, 11) is 0. The van der Waals surface area contributed by atoms with E-state index in [2.05, 4.69) is 47.0 Å². The van der Waals surface area contributed by atoms with Crippen molar-refractivity contribution in [3.05, 3.63) is 48.8 Å². The summed E-state index contributed by atoms with van der Waals surface area (Å²) in [5.41, 5.74) is 3.25. The van der Waals surface area contributed by atoms with E-state index >= 15 is 0 Å². The zero-order valence-corrected chi connectivity index (χ0v) is 12.9. The van der Waals surface area contributed by atoms with Crippen LogP contribution in [0.1, 0.15) is 50.6 Å². The van der Waals surface area contributed by atoms with Gasteiger partial charge in [0.25, 0.3) is 0 Å². The Morgan fingerprint density at radius 2 is 1.95 bits per heavy atom. The van der Waals surface area contributed by atoms with E-state index in [0.717, 1.165) is 30.4 Å². The maximum absolute atomic E-state index is 4.40. The first-order valence-electron chi connectivity index (χ1n) is 7.90. The number of hydrogen-bond donors (Lipinski definition) is 1. The minimum atomic E-state index is 0.408. The average molecular weight is 283 g/mol. The summed E-state index contributed by atoms with van der Waals surface area (Å²) in [6.07, 6.45) is 11.5. The highest BCUT2D eigenvalue weighted by Gasteiger charge is 2.11. The molecule has 0 aliphatic heterocycles. The first kappa shape index (κ1) is 15.6. The molecule has 0 aliphatic rings. The molecule has 0 saturated heterocycles. The maximum atomic E-state index is 4.40. The molecule has 1 heterocycles. The molecule has 3 heteroatoms. The molecule has 1 N–H and O–H groups in total. The quantitative estimate of drug-likeness (QED) is 0.547. The molecule has 2 aromatic rings. The summed E-state index contributed by atoms with van der Waals surface area (Å²) in [5.74, 6) is 0. The molecule has 0 spiro atoms. The number of hydrogen-bond acceptors (Lipinski definition) is 3. The van der Waals surface area contributed by atoms with Crippen LogP contribution in [0.15, 0.2) is 43.2 Å². The standard InChI is InChI=1S/C18H25N3/c1-3-5-6-7-8-9-16(19-4-2)15-10-11-17-18(14-15)21-13-12-20-17/h3,10-14,16,19H,1,4-9H2,2H3. The van der Waals surface area contributed by atoms with Gasteiger partial charge in [0.15, 0.2) is 0 Å². The molecule has 1 unspecified atom stereocenters. The first-order valence-corrected chi connectivity index (χ1v) is 7.90. The molecule has 1 atom stereocenters. The van der Waals surface area contributed by atoms with Gasteiger partial charge >= 0.3 is 0 Å². The second-order valence-electron chi connectivity index (χ2n) is 5.34. The minimum absolute atomic E-state index is 0.408. The van der Waals surface area contributed by atoms with Gasteiger partial charge in [-0.15, -0.1) is 6.58 Å². The molecule has 1 aromatic carbocycles. The fourth-order valence-corrected chi connectivity index (χ4v) is 2.64. The molecule has 3 nitrogen and oxygen atoms in total. The summed E-state index contributed by atoms with van der Waals surface area (Å²) in [6.45, 7) is 6.91. The lowest BCUT2D eigenvalue weighted by Crippen LogP contribution is -2.20. The van der Waals surface area contributed by atoms with Gasteiger partial charge in [0, 0.05) is 18.4 Å². The van der Waals surface area contributed by atoms with Crippen LogP contribution in [-0.2, 0) is 0 Å². The van der Waals surface area contributed by atoms with E-state index in [9.17, 15) is 0 Å². The summed E-state index contributed by atoms with van der Waals surface area (Å²) >= 11 is 0. The second-order valence-corrected chi connectivity index (χ2v) is 5.34. The maximum Gasteiger partial charge on any atom is 0.0890 e. The van der Waals surface area contributed by atoms with Crippen LogP contribution in [0.4, 0.5) is 0 Å². The fraction of sp³-hybridized carbons (Fsp3) is 0.444. The number of benzene rings is 1. The normalized spacial score (nSPS) is 12.4. The van der Waals surface area contributed by atoms with Crippen molar-refractivity contribution >= 4 is 11.0 Å². The van der Waals surface area contributed by atoms with Crippen molar-refractivity contribution in [2.24, 2.45) is 0 Å². The Morgan fingerprint density at radius 1 is 1.14 bits per heavy atom. The van der Waals surface area contributed by atoms with Crippen LogP contribution >= 0.6 is 0 Å². The summed E-state index contributed by atoms with van der Waals surface area (Å²) < 4.78 is 0. The monoisotopic (exact) mass is 283 g/mol. The van der Waals surface area contributed by atoms with Crippen LogP contribution in [0.2, 0.25) is 0 Å². The van der Waals surface area contributed by atoms with Gasteiger partial charge < -0.3 is 5.32 Å². The van der Waals surface area contributed by atoms with Gasteiger partial charge in [-0.1, -0.05) is 31.9 Å². The Hall–Kier alpha value is -1.74. The molecule has 0 radical (unpaired) electrons. The number of nitrogens with one attached hydrogen (secondary N) is 1. The molecule has 0 saturated carbocycles. The zero-order chi connectivity index (χ0) is 14.9. The van der Waals surface area contributed by atoms with Crippen LogP contribution in [-0.4, -0.2) is 16.5 Å². The predicted molar refractivity (Wildman–Crippen MR) is 89.2 cm³/mol. The highest BCUT2D eigenvalue weighted by Crippen LogP contribution is 2.22. The van der Waals surface area contributed by atoms with Crippen LogP contribution in [0.3, 0.4) is 0 Å². The predicted octanol–water partition coefficient (Wildman–Crippen LogP) is 4.42. The van der Waals surface area contributed by atoms with Gasteiger partial charge in [0.05, 0.1) is 11.0 Å². The first-order chi connectivity index (χ1) is 10.3. The molecular formula is C18H25N3. The molecule has 1 aromatic heterocycles. The van der Waals surface area contributed by atoms with Crippen molar-refractivity contribution in [1.82, 2.24) is 15.3 Å². The van der Waals surface area contributed by atoms with E-state index in [4.69, 9.17) is 0 Å². The molecule has 2 rings (SSSR count). The van der Waals surface area contributed by atoms with Crippen molar-refractivity contribution in [1.29, 1.82) is 0 Å². The van der Waals surface area contributed by atoms with E-state index in [1.165, 1.54) is 24.8 Å². The Balaban J connectivity index is 2.02. The minimum Gasteiger partial charge on any atom is -0.310 e. The molecule has 0 aliphatic carbocycles. The smallest absolute Gasteiger partial charge is 0.0890 e. The zero-order valence-electron chi connectivity index (χ0n) is 12.9. The van der Waals surface area contributed by atoms with Crippen molar-refractivity contribution in [2.75, 3.05) is 6.54 Å². The lowest BCUT2D eigenvalue weighted by Gasteiger charge is -2.18. The highest BCUT2D eigenvalue weighted by molar-refractivity contribution is 5.74. The van der Waals surface area contributed by atoms with Crippen molar-refractivity contribution in [2.45, 2.75) is 45.1 Å². The number of aromatic nitrogens is 2. The fourth-order valence-electron chi connectivity index (χ4n) is 2.64. The lowest BCUT2D eigenvalue weighted by molar-refractivity contribution is 0.484. The SMILES string of the molecule is C=CCCCCCC(NCC)c1ccc2nccnc2c1. The Labute approximate surface area is 127 Å². The third kappa shape index (κ3) is 4.64. The number of nitrogens with zero attached hydrogens (tertiary/aromatic N) is 2. The van der Waals surface area contributed by atoms with Crippen molar-refractivity contribution in [3.63, 3.8) is 0 Å². The molecule has 0 fully saturated rings. The molecule has 0 bridgehead atoms. The van der Waals surface area contributed by atoms with E-state index in [1.54, 1.807) is 12.4 Å². The van der Waals surface area contributed by atoms with Gasteiger partial charge in [-0.2, -0.15) is 0 Å². The average Bonchev–Trinajstić information content (AvgIpc) is 2.53. The van der Waals surface area contributed by atoms with Gasteiger partial charge in [-0.3, -0.25) is 9.97 Å². The summed E-state index contributed by atoms with van der Waals surface area (Å²) in [6, 6.07) is 6.82. The van der Waals surface area contributed by atoms with Crippen LogP contribution < -0.4 is 5.32 Å². The van der Waals surface area contributed by atoms with Crippen LogP contribution in [0, 0.1) is 0 Å². The number of rotatable bonds is 9. The second kappa shape index (κ2) is 8.53. The van der Waals surface area contributed by atoms with Gasteiger partial charge in [-0.25, -0.2) is 0 Å². The largest absolute Gasteiger partial charge is 0.310 e. The van der Waals surface area contributed by atoms with E-state index in [-0.39, 0.29) is 0 Å². The molecule has 112 valence electrons. The molecule has 0 amide bonds. The molecular weight excluding hydrogens is 258 g/mol. The summed E-state index contributed by atoms with van der Waals surface area (Å²) in [5, 5.41) is 3.59. The number of unbranched alkanes of at least 4 members (excludes halogenated alkanes) is 3. The van der Waals surface area contributed by atoms with E-state index in [1.807, 2.05) is 6.08 Å².